The Bertz CT molecular complexity index is 697. The first-order valence-electron chi connectivity index (χ1n) is 10.4. The van der Waals surface area contributed by atoms with Gasteiger partial charge in [0.05, 0.1) is 52.9 Å². The average molecular weight is 414 g/mol. The van der Waals surface area contributed by atoms with Crippen LogP contribution in [-0.2, 0) is 18.9 Å². The molecule has 6 heteroatoms. The Kier molecular flexibility index (Phi) is 10.2. The van der Waals surface area contributed by atoms with Crippen molar-refractivity contribution >= 4 is 12.2 Å². The van der Waals surface area contributed by atoms with Crippen LogP contribution in [0.3, 0.4) is 0 Å². The predicted molar refractivity (Wildman–Crippen MR) is 116 cm³/mol. The zero-order chi connectivity index (χ0) is 20.7. The van der Waals surface area contributed by atoms with Crippen molar-refractivity contribution < 1.29 is 28.4 Å². The van der Waals surface area contributed by atoms with Crippen LogP contribution in [0.1, 0.15) is 11.1 Å². The van der Waals surface area contributed by atoms with Crippen LogP contribution < -0.4 is 9.47 Å². The van der Waals surface area contributed by atoms with Gasteiger partial charge in [-0.05, 0) is 12.1 Å². The van der Waals surface area contributed by atoms with Crippen molar-refractivity contribution in [2.24, 2.45) is 0 Å². The third-order valence-corrected chi connectivity index (χ3v) is 4.37. The maximum Gasteiger partial charge on any atom is 0.126 e. The summed E-state index contributed by atoms with van der Waals surface area (Å²) in [4.78, 5) is 0. The maximum absolute atomic E-state index is 5.90. The lowest BCUT2D eigenvalue weighted by molar-refractivity contribution is -0.00700. The monoisotopic (exact) mass is 414 g/mol. The zero-order valence-electron chi connectivity index (χ0n) is 17.3. The second kappa shape index (κ2) is 13.8. The molecule has 0 aliphatic carbocycles. The van der Waals surface area contributed by atoms with Crippen LogP contribution in [0.15, 0.2) is 48.5 Å². The third kappa shape index (κ3) is 8.16. The molecule has 0 spiro atoms. The summed E-state index contributed by atoms with van der Waals surface area (Å²) in [7, 11) is 0. The van der Waals surface area contributed by atoms with Gasteiger partial charge in [-0.25, -0.2) is 0 Å². The number of fused-ring (bicyclic) bond motifs is 2. The first-order chi connectivity index (χ1) is 14.9. The van der Waals surface area contributed by atoms with Crippen LogP contribution >= 0.6 is 0 Å². The molecule has 0 amide bonds. The van der Waals surface area contributed by atoms with E-state index in [1.54, 1.807) is 0 Å². The topological polar surface area (TPSA) is 55.4 Å². The van der Waals surface area contributed by atoms with Crippen LogP contribution in [0, 0.1) is 0 Å². The highest BCUT2D eigenvalue weighted by Gasteiger charge is 2.03. The minimum Gasteiger partial charge on any atom is -0.491 e. The third-order valence-electron chi connectivity index (χ3n) is 4.37. The van der Waals surface area contributed by atoms with Gasteiger partial charge in [-0.15, -0.1) is 0 Å². The summed E-state index contributed by atoms with van der Waals surface area (Å²) in [6, 6.07) is 15.9. The smallest absolute Gasteiger partial charge is 0.126 e. The van der Waals surface area contributed by atoms with Gasteiger partial charge in [0, 0.05) is 11.1 Å². The molecular weight excluding hydrogens is 384 g/mol. The highest BCUT2D eigenvalue weighted by atomic mass is 16.6. The molecule has 6 nitrogen and oxygen atoms in total. The standard InChI is InChI=1S/C24H30O6/c1-3-7-23-21(5-1)9-10-22-6-2-4-8-24(22)30-20-18-28-16-14-26-12-11-25-13-15-27-17-19-29-23/h1-10H,11-20H2/b10-9-. The van der Waals surface area contributed by atoms with Crippen molar-refractivity contribution in [3.8, 4) is 11.5 Å². The summed E-state index contributed by atoms with van der Waals surface area (Å²) in [6.45, 7) is 5.19. The van der Waals surface area contributed by atoms with Crippen LogP contribution in [0.4, 0.5) is 0 Å². The largest absolute Gasteiger partial charge is 0.491 e. The number of ether oxygens (including phenoxy) is 6. The second-order valence-corrected chi connectivity index (χ2v) is 6.56. The zero-order valence-corrected chi connectivity index (χ0v) is 17.3. The Morgan fingerprint density at radius 3 is 1.13 bits per heavy atom. The fourth-order valence-corrected chi connectivity index (χ4v) is 2.86. The Morgan fingerprint density at radius 2 is 0.733 bits per heavy atom. The minimum absolute atomic E-state index is 0.480. The van der Waals surface area contributed by atoms with Crippen molar-refractivity contribution in [1.29, 1.82) is 0 Å². The highest BCUT2D eigenvalue weighted by Crippen LogP contribution is 2.24. The Balaban J connectivity index is 1.64. The number of hydrogen-bond acceptors (Lipinski definition) is 6. The average Bonchev–Trinajstić information content (AvgIpc) is 2.78. The molecule has 1 aliphatic heterocycles. The molecular formula is C24H30O6. The molecule has 30 heavy (non-hydrogen) atoms. The molecule has 0 saturated carbocycles. The van der Waals surface area contributed by atoms with Gasteiger partial charge < -0.3 is 28.4 Å². The van der Waals surface area contributed by atoms with Gasteiger partial charge in [0.15, 0.2) is 0 Å². The summed E-state index contributed by atoms with van der Waals surface area (Å²) < 4.78 is 33.9. The number of benzene rings is 2. The van der Waals surface area contributed by atoms with Crippen LogP contribution in [0.5, 0.6) is 11.5 Å². The molecule has 0 N–H and O–H groups in total. The van der Waals surface area contributed by atoms with Crippen molar-refractivity contribution in [3.05, 3.63) is 59.7 Å². The van der Waals surface area contributed by atoms with Gasteiger partial charge in [-0.1, -0.05) is 48.6 Å². The van der Waals surface area contributed by atoms with Gasteiger partial charge in [-0.2, -0.15) is 0 Å². The van der Waals surface area contributed by atoms with E-state index in [1.807, 2.05) is 60.7 Å². The number of para-hydroxylation sites is 2. The Morgan fingerprint density at radius 1 is 0.400 bits per heavy atom. The lowest BCUT2D eigenvalue weighted by atomic mass is 10.1. The quantitative estimate of drug-likeness (QED) is 0.655. The van der Waals surface area contributed by atoms with E-state index in [9.17, 15) is 0 Å². The highest BCUT2D eigenvalue weighted by molar-refractivity contribution is 5.74. The number of rotatable bonds is 0. The van der Waals surface area contributed by atoms with E-state index in [1.165, 1.54) is 0 Å². The van der Waals surface area contributed by atoms with Crippen molar-refractivity contribution in [3.63, 3.8) is 0 Å². The predicted octanol–water partition coefficient (Wildman–Crippen LogP) is 3.69. The summed E-state index contributed by atoms with van der Waals surface area (Å²) in [5.41, 5.74) is 2.00. The fourth-order valence-electron chi connectivity index (χ4n) is 2.86. The van der Waals surface area contributed by atoms with Crippen molar-refractivity contribution in [2.45, 2.75) is 0 Å². The summed E-state index contributed by atoms with van der Waals surface area (Å²) in [5, 5.41) is 0. The molecule has 0 bridgehead atoms. The summed E-state index contributed by atoms with van der Waals surface area (Å²) >= 11 is 0. The first kappa shape index (κ1) is 22.3. The lowest BCUT2D eigenvalue weighted by Crippen LogP contribution is -2.15. The first-order valence-corrected chi connectivity index (χ1v) is 10.4. The molecule has 0 radical (unpaired) electrons. The molecule has 162 valence electrons. The molecule has 1 aliphatic rings. The Hall–Kier alpha value is -2.38. The van der Waals surface area contributed by atoms with E-state index < -0.39 is 0 Å². The molecule has 0 atom stereocenters. The van der Waals surface area contributed by atoms with E-state index in [-0.39, 0.29) is 0 Å². The van der Waals surface area contributed by atoms with Crippen LogP contribution in [0.25, 0.3) is 12.2 Å². The van der Waals surface area contributed by atoms with Crippen molar-refractivity contribution in [2.75, 3.05) is 66.1 Å². The number of hydrogen-bond donors (Lipinski definition) is 0. The van der Waals surface area contributed by atoms with Gasteiger partial charge in [0.2, 0.25) is 0 Å². The van der Waals surface area contributed by atoms with Crippen molar-refractivity contribution in [1.82, 2.24) is 0 Å². The molecule has 0 fully saturated rings. The summed E-state index contributed by atoms with van der Waals surface area (Å²) in [5.74, 6) is 1.64. The van der Waals surface area contributed by atoms with Crippen LogP contribution in [0.2, 0.25) is 0 Å². The van der Waals surface area contributed by atoms with Gasteiger partial charge in [0.1, 0.15) is 24.7 Å². The van der Waals surface area contributed by atoms with Gasteiger partial charge >= 0.3 is 0 Å². The lowest BCUT2D eigenvalue weighted by Gasteiger charge is -2.12. The van der Waals surface area contributed by atoms with E-state index >= 15 is 0 Å². The normalized spacial score (nSPS) is 18.9. The van der Waals surface area contributed by atoms with Gasteiger partial charge in [-0.3, -0.25) is 0 Å². The fraction of sp³-hybridized carbons (Fsp3) is 0.417. The molecule has 2 aromatic carbocycles. The molecule has 0 saturated heterocycles. The van der Waals surface area contributed by atoms with E-state index in [2.05, 4.69) is 0 Å². The molecule has 0 aromatic heterocycles. The molecule has 1 heterocycles. The van der Waals surface area contributed by atoms with Gasteiger partial charge in [0.25, 0.3) is 0 Å². The van der Waals surface area contributed by atoms with E-state index in [0.29, 0.717) is 66.1 Å². The molecule has 3 rings (SSSR count). The van der Waals surface area contributed by atoms with E-state index in [4.69, 9.17) is 28.4 Å². The second-order valence-electron chi connectivity index (χ2n) is 6.56. The van der Waals surface area contributed by atoms with E-state index in [0.717, 1.165) is 22.6 Å². The summed E-state index contributed by atoms with van der Waals surface area (Å²) in [6.07, 6.45) is 4.07. The SMILES string of the molecule is C1=C\c2ccccc2OCCOCCOCCOCCOCCOc2ccccc2/1. The molecule has 2 aromatic rings. The Labute approximate surface area is 178 Å². The van der Waals surface area contributed by atoms with Crippen LogP contribution in [-0.4, -0.2) is 66.1 Å². The molecule has 0 unspecified atom stereocenters. The maximum atomic E-state index is 5.90. The minimum atomic E-state index is 0.480.